The summed E-state index contributed by atoms with van der Waals surface area (Å²) in [5, 5.41) is 3.17. The zero-order chi connectivity index (χ0) is 14.1. The van der Waals surface area contributed by atoms with Crippen molar-refractivity contribution in [2.75, 3.05) is 12.8 Å². The van der Waals surface area contributed by atoms with Gasteiger partial charge in [-0.25, -0.2) is 4.98 Å². The topological polar surface area (TPSA) is 55.3 Å². The number of nitrogen functional groups attached to an aromatic ring is 1. The number of fused-ring (bicyclic) bond motifs is 1. The first-order chi connectivity index (χ1) is 9.69. The van der Waals surface area contributed by atoms with Crippen molar-refractivity contribution in [3.63, 3.8) is 0 Å². The Labute approximate surface area is 118 Å². The quantitative estimate of drug-likeness (QED) is 0.716. The van der Waals surface area contributed by atoms with E-state index in [1.165, 1.54) is 5.56 Å². The number of nitrogens with two attached hydrogens (primary N) is 1. The highest BCUT2D eigenvalue weighted by Gasteiger charge is 2.09. The first-order valence-electron chi connectivity index (χ1n) is 6.66. The Kier molecular flexibility index (Phi) is 3.16. The fourth-order valence-electron chi connectivity index (χ4n) is 2.57. The number of pyridine rings is 1. The molecule has 0 bridgehead atoms. The number of aryl methyl sites for hydroxylation is 1. The van der Waals surface area contributed by atoms with E-state index in [-0.39, 0.29) is 0 Å². The lowest BCUT2D eigenvalue weighted by atomic mass is 10.1. The van der Waals surface area contributed by atoms with Crippen LogP contribution in [0.5, 0.6) is 0 Å². The van der Waals surface area contributed by atoms with Crippen molar-refractivity contribution in [1.82, 2.24) is 14.7 Å². The summed E-state index contributed by atoms with van der Waals surface area (Å²) in [4.78, 5) is 4.56. The molecule has 0 radical (unpaired) electrons. The number of nitrogens with one attached hydrogen (secondary N) is 1. The Morgan fingerprint density at radius 1 is 1.30 bits per heavy atom. The maximum atomic E-state index is 5.95. The predicted molar refractivity (Wildman–Crippen MR) is 82.5 cm³/mol. The van der Waals surface area contributed by atoms with Crippen molar-refractivity contribution in [3.05, 3.63) is 53.9 Å². The summed E-state index contributed by atoms with van der Waals surface area (Å²) >= 11 is 0. The van der Waals surface area contributed by atoms with E-state index in [0.29, 0.717) is 0 Å². The van der Waals surface area contributed by atoms with Crippen LogP contribution in [0.15, 0.2) is 42.7 Å². The molecule has 0 saturated heterocycles. The molecule has 4 nitrogen and oxygen atoms in total. The summed E-state index contributed by atoms with van der Waals surface area (Å²) in [6.07, 6.45) is 3.94. The van der Waals surface area contributed by atoms with Crippen LogP contribution in [0.25, 0.3) is 16.9 Å². The van der Waals surface area contributed by atoms with Crippen LogP contribution >= 0.6 is 0 Å². The summed E-state index contributed by atoms with van der Waals surface area (Å²) in [6, 6.07) is 10.2. The van der Waals surface area contributed by atoms with E-state index in [2.05, 4.69) is 33.8 Å². The second-order valence-electron chi connectivity index (χ2n) is 5.03. The number of aromatic nitrogens is 2. The monoisotopic (exact) mass is 266 g/mol. The molecule has 0 saturated carbocycles. The standard InChI is InChI=1S/C16H18N4/c1-11-6-13(8-14(17)7-11)15-10-19-16-12(9-18-2)4-3-5-20(15)16/h3-8,10,18H,9,17H2,1-2H3. The molecule has 1 aromatic carbocycles. The molecule has 0 aliphatic heterocycles. The molecule has 0 amide bonds. The zero-order valence-electron chi connectivity index (χ0n) is 11.7. The predicted octanol–water partition coefficient (Wildman–Crippen LogP) is 2.61. The molecule has 3 aromatic rings. The van der Waals surface area contributed by atoms with Crippen molar-refractivity contribution in [2.24, 2.45) is 0 Å². The number of benzene rings is 1. The molecule has 0 fully saturated rings. The molecule has 20 heavy (non-hydrogen) atoms. The second-order valence-corrected chi connectivity index (χ2v) is 5.03. The summed E-state index contributed by atoms with van der Waals surface area (Å²) in [6.45, 7) is 2.85. The van der Waals surface area contributed by atoms with E-state index in [1.807, 2.05) is 37.6 Å². The molecule has 3 N–H and O–H groups in total. The van der Waals surface area contributed by atoms with Crippen LogP contribution in [0.3, 0.4) is 0 Å². The van der Waals surface area contributed by atoms with Gasteiger partial charge in [-0.05, 0) is 43.8 Å². The fourth-order valence-corrected chi connectivity index (χ4v) is 2.57. The molecule has 0 unspecified atom stereocenters. The van der Waals surface area contributed by atoms with Crippen LogP contribution in [0, 0.1) is 6.92 Å². The van der Waals surface area contributed by atoms with Crippen molar-refractivity contribution in [2.45, 2.75) is 13.5 Å². The van der Waals surface area contributed by atoms with E-state index in [1.54, 1.807) is 0 Å². The van der Waals surface area contributed by atoms with Gasteiger partial charge in [0.05, 0.1) is 11.9 Å². The molecule has 0 atom stereocenters. The van der Waals surface area contributed by atoms with Crippen LogP contribution in [-0.4, -0.2) is 16.4 Å². The summed E-state index contributed by atoms with van der Waals surface area (Å²) < 4.78 is 2.11. The van der Waals surface area contributed by atoms with Crippen LogP contribution in [0.4, 0.5) is 5.69 Å². The number of nitrogens with zero attached hydrogens (tertiary/aromatic N) is 2. The van der Waals surface area contributed by atoms with Crippen LogP contribution in [0.1, 0.15) is 11.1 Å². The van der Waals surface area contributed by atoms with E-state index in [4.69, 9.17) is 5.73 Å². The molecule has 2 aromatic heterocycles. The molecule has 2 heterocycles. The number of hydrogen-bond donors (Lipinski definition) is 2. The first kappa shape index (κ1) is 12.7. The minimum Gasteiger partial charge on any atom is -0.399 e. The molecular weight excluding hydrogens is 248 g/mol. The highest BCUT2D eigenvalue weighted by molar-refractivity contribution is 5.69. The molecule has 4 heteroatoms. The minimum atomic E-state index is 0.779. The van der Waals surface area contributed by atoms with Crippen molar-refractivity contribution < 1.29 is 0 Å². The van der Waals surface area contributed by atoms with E-state index in [0.717, 1.165) is 34.7 Å². The van der Waals surface area contributed by atoms with Gasteiger partial charge in [0, 0.05) is 29.6 Å². The Balaban J connectivity index is 2.19. The van der Waals surface area contributed by atoms with Gasteiger partial charge < -0.3 is 11.1 Å². The third-order valence-electron chi connectivity index (χ3n) is 3.38. The number of imidazole rings is 1. The van der Waals surface area contributed by atoms with Gasteiger partial charge >= 0.3 is 0 Å². The average molecular weight is 266 g/mol. The SMILES string of the molecule is CNCc1cccn2c(-c3cc(C)cc(N)c3)cnc12. The summed E-state index contributed by atoms with van der Waals surface area (Å²) in [5.41, 5.74) is 12.2. The fraction of sp³-hybridized carbons (Fsp3) is 0.188. The minimum absolute atomic E-state index is 0.779. The van der Waals surface area contributed by atoms with Crippen molar-refractivity contribution in [3.8, 4) is 11.3 Å². The lowest BCUT2D eigenvalue weighted by Crippen LogP contribution is -2.06. The smallest absolute Gasteiger partial charge is 0.141 e. The molecule has 0 spiro atoms. The molecule has 0 aliphatic carbocycles. The third kappa shape index (κ3) is 2.14. The lowest BCUT2D eigenvalue weighted by molar-refractivity contribution is 0.817. The van der Waals surface area contributed by atoms with Crippen LogP contribution in [-0.2, 0) is 6.54 Å². The Bertz CT molecular complexity index is 738. The first-order valence-corrected chi connectivity index (χ1v) is 6.66. The third-order valence-corrected chi connectivity index (χ3v) is 3.38. The Morgan fingerprint density at radius 3 is 2.90 bits per heavy atom. The van der Waals surface area contributed by atoms with Crippen molar-refractivity contribution in [1.29, 1.82) is 0 Å². The number of hydrogen-bond acceptors (Lipinski definition) is 3. The van der Waals surface area contributed by atoms with Gasteiger partial charge in [0.25, 0.3) is 0 Å². The van der Waals surface area contributed by atoms with Gasteiger partial charge in [-0.15, -0.1) is 0 Å². The van der Waals surface area contributed by atoms with Crippen LogP contribution < -0.4 is 11.1 Å². The maximum absolute atomic E-state index is 5.95. The van der Waals surface area contributed by atoms with Gasteiger partial charge in [0.15, 0.2) is 0 Å². The summed E-state index contributed by atoms with van der Waals surface area (Å²) in [7, 11) is 1.94. The highest BCUT2D eigenvalue weighted by Crippen LogP contribution is 2.25. The maximum Gasteiger partial charge on any atom is 0.141 e. The van der Waals surface area contributed by atoms with Crippen LogP contribution in [0.2, 0.25) is 0 Å². The Morgan fingerprint density at radius 2 is 2.15 bits per heavy atom. The van der Waals surface area contributed by atoms with Gasteiger partial charge in [-0.1, -0.05) is 6.07 Å². The molecular formula is C16H18N4. The second kappa shape index (κ2) is 4.98. The van der Waals surface area contributed by atoms with Gasteiger partial charge in [0.2, 0.25) is 0 Å². The van der Waals surface area contributed by atoms with E-state index < -0.39 is 0 Å². The van der Waals surface area contributed by atoms with E-state index >= 15 is 0 Å². The average Bonchev–Trinajstić information content (AvgIpc) is 2.83. The molecule has 3 rings (SSSR count). The molecule has 102 valence electrons. The van der Waals surface area contributed by atoms with Gasteiger partial charge in [0.1, 0.15) is 5.65 Å². The highest BCUT2D eigenvalue weighted by atomic mass is 15.0. The number of anilines is 1. The lowest BCUT2D eigenvalue weighted by Gasteiger charge is -2.07. The normalized spacial score (nSPS) is 11.1. The van der Waals surface area contributed by atoms with Gasteiger partial charge in [-0.3, -0.25) is 4.40 Å². The zero-order valence-corrected chi connectivity index (χ0v) is 11.7. The largest absolute Gasteiger partial charge is 0.399 e. The Hall–Kier alpha value is -2.33. The summed E-state index contributed by atoms with van der Waals surface area (Å²) in [5.74, 6) is 0. The molecule has 0 aliphatic rings. The van der Waals surface area contributed by atoms with E-state index in [9.17, 15) is 0 Å². The van der Waals surface area contributed by atoms with Crippen molar-refractivity contribution >= 4 is 11.3 Å². The van der Waals surface area contributed by atoms with Gasteiger partial charge in [-0.2, -0.15) is 0 Å². The number of rotatable bonds is 3.